The zero-order valence-electron chi connectivity index (χ0n) is 18.4. The van der Waals surface area contributed by atoms with Crippen molar-refractivity contribution in [2.45, 2.75) is 52.2 Å². The van der Waals surface area contributed by atoms with Crippen LogP contribution in [0.15, 0.2) is 54.6 Å². The lowest BCUT2D eigenvalue weighted by Crippen LogP contribution is -2.42. The van der Waals surface area contributed by atoms with Gasteiger partial charge >= 0.3 is 6.09 Å². The number of hydrogen-bond donors (Lipinski definition) is 2. The van der Waals surface area contributed by atoms with E-state index in [0.29, 0.717) is 12.8 Å². The maximum atomic E-state index is 12.3. The number of rotatable bonds is 8. The van der Waals surface area contributed by atoms with Crippen molar-refractivity contribution in [3.63, 3.8) is 0 Å². The Balaban J connectivity index is 2.10. The molecule has 30 heavy (non-hydrogen) atoms. The molecule has 2 rings (SSSR count). The highest BCUT2D eigenvalue weighted by atomic mass is 32.2. The van der Waals surface area contributed by atoms with Gasteiger partial charge in [0.15, 0.2) is 0 Å². The minimum absolute atomic E-state index is 0.0436. The van der Waals surface area contributed by atoms with Crippen molar-refractivity contribution in [2.24, 2.45) is 5.92 Å². The van der Waals surface area contributed by atoms with Gasteiger partial charge in [0.2, 0.25) is 5.91 Å². The van der Waals surface area contributed by atoms with Gasteiger partial charge in [-0.1, -0.05) is 73.5 Å². The van der Waals surface area contributed by atoms with Gasteiger partial charge in [0, 0.05) is 18.2 Å². The molecule has 0 bridgehead atoms. The zero-order chi connectivity index (χ0) is 22.1. The predicted octanol–water partition coefficient (Wildman–Crippen LogP) is 5.21. The highest BCUT2D eigenvalue weighted by molar-refractivity contribution is 7.97. The van der Waals surface area contributed by atoms with E-state index in [-0.39, 0.29) is 17.9 Å². The van der Waals surface area contributed by atoms with Crippen molar-refractivity contribution < 1.29 is 14.3 Å². The molecule has 0 saturated heterocycles. The molecule has 1 unspecified atom stereocenters. The quantitative estimate of drug-likeness (QED) is 0.567. The summed E-state index contributed by atoms with van der Waals surface area (Å²) < 4.78 is 8.18. The number of nitrogens with one attached hydrogen (secondary N) is 2. The summed E-state index contributed by atoms with van der Waals surface area (Å²) in [5, 5.41) is 2.95. The van der Waals surface area contributed by atoms with Crippen LogP contribution in [0.5, 0.6) is 0 Å². The van der Waals surface area contributed by atoms with Gasteiger partial charge < -0.3 is 14.8 Å². The van der Waals surface area contributed by atoms with E-state index in [4.69, 9.17) is 4.74 Å². The molecular weight excluding hydrogens is 396 g/mol. The first-order chi connectivity index (χ1) is 14.2. The molecule has 0 spiro atoms. The van der Waals surface area contributed by atoms with E-state index in [2.05, 4.69) is 46.4 Å². The summed E-state index contributed by atoms with van der Waals surface area (Å²) >= 11 is 1.28. The molecule has 0 aliphatic carbocycles. The molecule has 0 radical (unpaired) electrons. The van der Waals surface area contributed by atoms with Crippen LogP contribution in [0.3, 0.4) is 0 Å². The fourth-order valence-electron chi connectivity index (χ4n) is 3.15. The Morgan fingerprint density at radius 3 is 2.17 bits per heavy atom. The van der Waals surface area contributed by atoms with Gasteiger partial charge in [0.25, 0.3) is 0 Å². The lowest BCUT2D eigenvalue weighted by molar-refractivity contribution is -0.122. The van der Waals surface area contributed by atoms with Gasteiger partial charge in [-0.2, -0.15) is 0 Å². The average molecular weight is 429 g/mol. The number of benzene rings is 2. The number of hydrogen-bond acceptors (Lipinski definition) is 4. The van der Waals surface area contributed by atoms with E-state index in [1.54, 1.807) is 0 Å². The van der Waals surface area contributed by atoms with Crippen LogP contribution in [0, 0.1) is 5.92 Å². The summed E-state index contributed by atoms with van der Waals surface area (Å²) in [6.45, 7) is 7.36. The SMILES string of the molecule is CSNC(=O)[C@H](C)CC(Cc1ccc(-c2ccccc2)cc1)NC(=O)OC(C)(C)C. The number of carbonyl (C=O) groups excluding carboxylic acids is 2. The fourth-order valence-corrected chi connectivity index (χ4v) is 3.55. The molecule has 6 heteroatoms. The predicted molar refractivity (Wildman–Crippen MR) is 124 cm³/mol. The third-order valence-electron chi connectivity index (χ3n) is 4.55. The number of carbonyl (C=O) groups is 2. The second-order valence-corrected chi connectivity index (χ2v) is 9.03. The molecule has 0 aromatic heterocycles. The van der Waals surface area contributed by atoms with Gasteiger partial charge in [-0.05, 0) is 50.3 Å². The van der Waals surface area contributed by atoms with Crippen molar-refractivity contribution >= 4 is 23.9 Å². The molecule has 2 N–H and O–H groups in total. The lowest BCUT2D eigenvalue weighted by atomic mass is 9.94. The Kier molecular flexibility index (Phi) is 8.78. The van der Waals surface area contributed by atoms with Crippen molar-refractivity contribution in [2.75, 3.05) is 6.26 Å². The summed E-state index contributed by atoms with van der Waals surface area (Å²) in [6, 6.07) is 18.3. The summed E-state index contributed by atoms with van der Waals surface area (Å²) in [6.07, 6.45) is 2.48. The highest BCUT2D eigenvalue weighted by Crippen LogP contribution is 2.21. The van der Waals surface area contributed by atoms with Crippen LogP contribution >= 0.6 is 11.9 Å². The van der Waals surface area contributed by atoms with Crippen LogP contribution in [-0.4, -0.2) is 29.9 Å². The van der Waals surface area contributed by atoms with Gasteiger partial charge in [-0.25, -0.2) is 4.79 Å². The first-order valence-corrected chi connectivity index (χ1v) is 11.4. The summed E-state index contributed by atoms with van der Waals surface area (Å²) in [5.41, 5.74) is 2.82. The van der Waals surface area contributed by atoms with Gasteiger partial charge in [-0.3, -0.25) is 4.79 Å². The highest BCUT2D eigenvalue weighted by Gasteiger charge is 2.23. The molecule has 162 valence electrons. The van der Waals surface area contributed by atoms with Crippen molar-refractivity contribution in [1.82, 2.24) is 10.0 Å². The Bertz CT molecular complexity index is 817. The van der Waals surface area contributed by atoms with Crippen molar-refractivity contribution in [1.29, 1.82) is 0 Å². The normalized spacial score (nSPS) is 13.2. The molecule has 0 aliphatic rings. The molecule has 0 aliphatic heterocycles. The molecule has 0 saturated carbocycles. The Morgan fingerprint density at radius 2 is 1.60 bits per heavy atom. The summed E-state index contributed by atoms with van der Waals surface area (Å²) in [5.74, 6) is -0.279. The van der Waals surface area contributed by atoms with Crippen molar-refractivity contribution in [3.8, 4) is 11.1 Å². The van der Waals surface area contributed by atoms with E-state index in [1.165, 1.54) is 11.9 Å². The van der Waals surface area contributed by atoms with Crippen LogP contribution in [0.1, 0.15) is 39.7 Å². The van der Waals surface area contributed by atoms with Crippen LogP contribution in [0.4, 0.5) is 4.79 Å². The smallest absolute Gasteiger partial charge is 0.407 e. The minimum Gasteiger partial charge on any atom is -0.444 e. The molecule has 2 amide bonds. The molecule has 0 heterocycles. The minimum atomic E-state index is -0.576. The van der Waals surface area contributed by atoms with E-state index >= 15 is 0 Å². The van der Waals surface area contributed by atoms with Gasteiger partial charge in [0.1, 0.15) is 5.60 Å². The van der Waals surface area contributed by atoms with Gasteiger partial charge in [-0.15, -0.1) is 0 Å². The number of amides is 2. The molecule has 2 aromatic rings. The van der Waals surface area contributed by atoms with E-state index < -0.39 is 11.7 Å². The Labute approximate surface area is 184 Å². The third-order valence-corrected chi connectivity index (χ3v) is 4.96. The molecule has 2 aromatic carbocycles. The first-order valence-electron chi connectivity index (χ1n) is 10.1. The van der Waals surface area contributed by atoms with Crippen LogP contribution in [-0.2, 0) is 16.0 Å². The van der Waals surface area contributed by atoms with Gasteiger partial charge in [0.05, 0.1) is 0 Å². The van der Waals surface area contributed by atoms with E-state index in [9.17, 15) is 9.59 Å². The lowest BCUT2D eigenvalue weighted by Gasteiger charge is -2.25. The van der Waals surface area contributed by atoms with Crippen molar-refractivity contribution in [3.05, 3.63) is 60.2 Å². The molecule has 2 atom stereocenters. The third kappa shape index (κ3) is 8.11. The maximum Gasteiger partial charge on any atom is 0.407 e. The summed E-state index contributed by atoms with van der Waals surface area (Å²) in [4.78, 5) is 24.5. The second kappa shape index (κ2) is 11.1. The molecule has 0 fully saturated rings. The maximum absolute atomic E-state index is 12.3. The van der Waals surface area contributed by atoms with Crippen LogP contribution < -0.4 is 10.0 Å². The van der Waals surface area contributed by atoms with Crippen LogP contribution in [0.25, 0.3) is 11.1 Å². The second-order valence-electron chi connectivity index (χ2n) is 8.42. The number of alkyl carbamates (subject to hydrolysis) is 1. The monoisotopic (exact) mass is 428 g/mol. The Hall–Kier alpha value is -2.47. The number of ether oxygens (including phenoxy) is 1. The topological polar surface area (TPSA) is 67.4 Å². The summed E-state index contributed by atoms with van der Waals surface area (Å²) in [7, 11) is 0. The van der Waals surface area contributed by atoms with E-state index in [1.807, 2.05) is 52.1 Å². The van der Waals surface area contributed by atoms with Crippen LogP contribution in [0.2, 0.25) is 0 Å². The molecular formula is C24H32N2O3S. The standard InChI is InChI=1S/C24H32N2O3S/c1-17(22(27)26-30-5)15-21(25-23(28)29-24(2,3)4)16-18-11-13-20(14-12-18)19-9-7-6-8-10-19/h6-14,17,21H,15-16H2,1-5H3,(H,25,28)(H,26,27)/t17-,21?/m1/s1. The Morgan fingerprint density at radius 1 is 1.00 bits per heavy atom. The molecule has 5 nitrogen and oxygen atoms in total. The first kappa shape index (κ1) is 23.8. The zero-order valence-corrected chi connectivity index (χ0v) is 19.2. The van der Waals surface area contributed by atoms with E-state index in [0.717, 1.165) is 16.7 Å². The fraction of sp³-hybridized carbons (Fsp3) is 0.417. The largest absolute Gasteiger partial charge is 0.444 e. The average Bonchev–Trinajstić information content (AvgIpc) is 2.68.